The van der Waals surface area contributed by atoms with Crippen molar-refractivity contribution in [3.63, 3.8) is 0 Å². The number of nitrogens with one attached hydrogen (secondary N) is 1. The van der Waals surface area contributed by atoms with E-state index in [4.69, 9.17) is 18.9 Å². The number of carbonyl (C=O) groups excluding carboxylic acids is 1. The Morgan fingerprint density at radius 2 is 1.67 bits per heavy atom. The Labute approximate surface area is 194 Å². The fourth-order valence-corrected chi connectivity index (χ4v) is 3.96. The molecule has 1 aliphatic heterocycles. The van der Waals surface area contributed by atoms with Gasteiger partial charge >= 0.3 is 5.97 Å². The van der Waals surface area contributed by atoms with Gasteiger partial charge < -0.3 is 24.3 Å². The number of fused-ring (bicyclic) bond motifs is 1. The Morgan fingerprint density at radius 1 is 1.00 bits per heavy atom. The lowest BCUT2D eigenvalue weighted by atomic mass is 9.94. The van der Waals surface area contributed by atoms with E-state index in [-0.39, 0.29) is 0 Å². The minimum absolute atomic E-state index is 0.361. The van der Waals surface area contributed by atoms with Crippen LogP contribution in [0.5, 0.6) is 17.2 Å². The van der Waals surface area contributed by atoms with Gasteiger partial charge in [0, 0.05) is 17.3 Å². The molecule has 180 valence electrons. The number of nitrogens with zero attached hydrogens (tertiary/aromatic N) is 4. The van der Waals surface area contributed by atoms with Gasteiger partial charge in [0.2, 0.25) is 5.95 Å². The number of ether oxygens (including phenoxy) is 4. The third kappa shape index (κ3) is 5.37. The summed E-state index contributed by atoms with van der Waals surface area (Å²) in [6.45, 7) is 4.36. The first-order valence-electron chi connectivity index (χ1n) is 11.3. The second kappa shape index (κ2) is 11.5. The highest BCUT2D eigenvalue weighted by Gasteiger charge is 2.37. The van der Waals surface area contributed by atoms with Crippen molar-refractivity contribution in [3.05, 3.63) is 29.0 Å². The van der Waals surface area contributed by atoms with E-state index in [1.54, 1.807) is 40.4 Å². The molecule has 0 bridgehead atoms. The van der Waals surface area contributed by atoms with E-state index in [1.807, 2.05) is 0 Å². The first kappa shape index (κ1) is 24.3. The van der Waals surface area contributed by atoms with E-state index in [9.17, 15) is 4.79 Å². The molecule has 1 aliphatic rings. The van der Waals surface area contributed by atoms with Crippen molar-refractivity contribution in [1.29, 1.82) is 0 Å². The third-order valence-electron chi connectivity index (χ3n) is 5.70. The summed E-state index contributed by atoms with van der Waals surface area (Å²) < 4.78 is 23.7. The van der Waals surface area contributed by atoms with Crippen LogP contribution in [0.2, 0.25) is 0 Å². The molecule has 1 aromatic carbocycles. The molecule has 0 aliphatic carbocycles. The number of methoxy groups -OCH3 is 3. The SMILES string of the molecule is CCCCCCCCOC(=O)C1=C(C)Nc2nnnn2C1c1cc(OC)c(OC)cc1OC. The molecular formula is C23H33N5O5. The molecule has 2 aromatic rings. The smallest absolute Gasteiger partial charge is 0.338 e. The fraction of sp³-hybridized carbons (Fsp3) is 0.565. The molecule has 0 radical (unpaired) electrons. The average molecular weight is 460 g/mol. The second-order valence-corrected chi connectivity index (χ2v) is 7.87. The van der Waals surface area contributed by atoms with E-state index < -0.39 is 12.0 Å². The zero-order valence-corrected chi connectivity index (χ0v) is 20.0. The van der Waals surface area contributed by atoms with Gasteiger partial charge in [0.15, 0.2) is 11.5 Å². The molecule has 0 spiro atoms. The lowest BCUT2D eigenvalue weighted by Crippen LogP contribution is -2.30. The van der Waals surface area contributed by atoms with Crippen molar-refractivity contribution in [2.24, 2.45) is 0 Å². The Kier molecular flexibility index (Phi) is 8.51. The Bertz CT molecular complexity index is 988. The number of esters is 1. The largest absolute Gasteiger partial charge is 0.496 e. The monoisotopic (exact) mass is 459 g/mol. The maximum atomic E-state index is 13.2. The predicted octanol–water partition coefficient (Wildman–Crippen LogP) is 3.89. The van der Waals surface area contributed by atoms with Gasteiger partial charge in [-0.25, -0.2) is 4.79 Å². The number of benzene rings is 1. The van der Waals surface area contributed by atoms with Gasteiger partial charge in [0.1, 0.15) is 11.8 Å². The lowest BCUT2D eigenvalue weighted by Gasteiger charge is -2.28. The first-order valence-corrected chi connectivity index (χ1v) is 11.3. The zero-order chi connectivity index (χ0) is 23.8. The quantitative estimate of drug-likeness (QED) is 0.373. The molecule has 0 amide bonds. The van der Waals surface area contributed by atoms with Gasteiger partial charge in [-0.1, -0.05) is 44.1 Å². The summed E-state index contributed by atoms with van der Waals surface area (Å²) in [7, 11) is 4.66. The number of unbranched alkanes of at least 4 members (excludes halogenated alkanes) is 5. The molecule has 1 aromatic heterocycles. The van der Waals surface area contributed by atoms with E-state index in [0.717, 1.165) is 19.3 Å². The molecule has 1 unspecified atom stereocenters. The number of tetrazole rings is 1. The van der Waals surface area contributed by atoms with Crippen molar-refractivity contribution in [1.82, 2.24) is 20.2 Å². The average Bonchev–Trinajstić information content (AvgIpc) is 3.29. The minimum atomic E-state index is -0.664. The highest BCUT2D eigenvalue weighted by Crippen LogP contribution is 2.43. The summed E-state index contributed by atoms with van der Waals surface area (Å²) in [5, 5.41) is 15.0. The Balaban J connectivity index is 1.90. The van der Waals surface area contributed by atoms with E-state index in [0.29, 0.717) is 46.6 Å². The number of carbonyl (C=O) groups is 1. The Hall–Kier alpha value is -3.30. The van der Waals surface area contributed by atoms with E-state index in [2.05, 4.69) is 27.8 Å². The van der Waals surface area contributed by atoms with Crippen LogP contribution in [0.4, 0.5) is 5.95 Å². The predicted molar refractivity (Wildman–Crippen MR) is 123 cm³/mol. The summed E-state index contributed by atoms with van der Waals surface area (Å²) in [5.41, 5.74) is 1.68. The molecule has 10 heteroatoms. The topological polar surface area (TPSA) is 110 Å². The molecule has 33 heavy (non-hydrogen) atoms. The number of rotatable bonds is 12. The van der Waals surface area contributed by atoms with Gasteiger partial charge in [-0.05, 0) is 29.8 Å². The number of hydrogen-bond acceptors (Lipinski definition) is 9. The zero-order valence-electron chi connectivity index (χ0n) is 20.0. The van der Waals surface area contributed by atoms with Crippen LogP contribution in [0.1, 0.15) is 64.0 Å². The number of allylic oxidation sites excluding steroid dienone is 1. The summed E-state index contributed by atoms with van der Waals surface area (Å²) in [5.74, 6) is 1.52. The first-order chi connectivity index (χ1) is 16.0. The number of aromatic nitrogens is 4. The van der Waals surface area contributed by atoms with Gasteiger partial charge in [0.05, 0.1) is 33.5 Å². The lowest BCUT2D eigenvalue weighted by molar-refractivity contribution is -0.139. The Morgan fingerprint density at radius 3 is 2.36 bits per heavy atom. The molecule has 0 saturated carbocycles. The summed E-state index contributed by atoms with van der Waals surface area (Å²) in [6, 6.07) is 2.82. The van der Waals surface area contributed by atoms with Crippen LogP contribution >= 0.6 is 0 Å². The van der Waals surface area contributed by atoms with Crippen LogP contribution in [0.3, 0.4) is 0 Å². The highest BCUT2D eigenvalue weighted by molar-refractivity contribution is 5.92. The molecule has 0 saturated heterocycles. The van der Waals surface area contributed by atoms with Crippen LogP contribution in [-0.2, 0) is 9.53 Å². The van der Waals surface area contributed by atoms with Crippen LogP contribution in [-0.4, -0.2) is 54.1 Å². The van der Waals surface area contributed by atoms with Crippen LogP contribution < -0.4 is 19.5 Å². The fourth-order valence-electron chi connectivity index (χ4n) is 3.96. The van der Waals surface area contributed by atoms with Crippen LogP contribution in [0, 0.1) is 0 Å². The van der Waals surface area contributed by atoms with Crippen molar-refractivity contribution in [3.8, 4) is 17.2 Å². The minimum Gasteiger partial charge on any atom is -0.496 e. The normalized spacial score (nSPS) is 15.0. The summed E-state index contributed by atoms with van der Waals surface area (Å²) >= 11 is 0. The van der Waals surface area contributed by atoms with Gasteiger partial charge in [-0.2, -0.15) is 4.68 Å². The third-order valence-corrected chi connectivity index (χ3v) is 5.70. The van der Waals surface area contributed by atoms with Crippen molar-refractivity contribution >= 4 is 11.9 Å². The van der Waals surface area contributed by atoms with Gasteiger partial charge in [0.25, 0.3) is 0 Å². The maximum Gasteiger partial charge on any atom is 0.338 e. The molecule has 3 rings (SSSR count). The summed E-state index contributed by atoms with van der Waals surface area (Å²) in [6.07, 6.45) is 6.66. The molecule has 1 atom stereocenters. The van der Waals surface area contributed by atoms with Crippen molar-refractivity contribution in [2.45, 2.75) is 58.4 Å². The second-order valence-electron chi connectivity index (χ2n) is 7.87. The van der Waals surface area contributed by atoms with Gasteiger partial charge in [-0.15, -0.1) is 0 Å². The van der Waals surface area contributed by atoms with E-state index in [1.165, 1.54) is 23.9 Å². The molecule has 2 heterocycles. The molecule has 10 nitrogen and oxygen atoms in total. The standard InChI is InChI=1S/C23H33N5O5/c1-6-7-8-9-10-11-12-33-22(29)20-15(2)24-23-25-26-27-28(23)21(20)16-13-18(31-4)19(32-5)14-17(16)30-3/h13-14,21H,6-12H2,1-5H3,(H,24,25,27). The van der Waals surface area contributed by atoms with Crippen LogP contribution in [0.25, 0.3) is 0 Å². The molecule has 1 N–H and O–H groups in total. The highest BCUT2D eigenvalue weighted by atomic mass is 16.5. The van der Waals surface area contributed by atoms with Crippen LogP contribution in [0.15, 0.2) is 23.4 Å². The van der Waals surface area contributed by atoms with Crippen molar-refractivity contribution < 1.29 is 23.7 Å². The van der Waals surface area contributed by atoms with Gasteiger partial charge in [-0.3, -0.25) is 0 Å². The molecular weight excluding hydrogens is 426 g/mol. The summed E-state index contributed by atoms with van der Waals surface area (Å²) in [4.78, 5) is 13.2. The maximum absolute atomic E-state index is 13.2. The van der Waals surface area contributed by atoms with Crippen molar-refractivity contribution in [2.75, 3.05) is 33.3 Å². The number of hydrogen-bond donors (Lipinski definition) is 1. The van der Waals surface area contributed by atoms with E-state index >= 15 is 0 Å². The molecule has 0 fully saturated rings. The number of anilines is 1.